The van der Waals surface area contributed by atoms with E-state index in [2.05, 4.69) is 15.4 Å². The van der Waals surface area contributed by atoms with Gasteiger partial charge in [-0.2, -0.15) is 0 Å². The fourth-order valence-electron chi connectivity index (χ4n) is 4.01. The van der Waals surface area contributed by atoms with Crippen molar-refractivity contribution < 1.29 is 28.7 Å². The van der Waals surface area contributed by atoms with E-state index in [9.17, 15) is 19.2 Å². The smallest absolute Gasteiger partial charge is 0.408 e. The Labute approximate surface area is 221 Å². The molecule has 0 saturated heterocycles. The van der Waals surface area contributed by atoms with Crippen LogP contribution in [0.2, 0.25) is 0 Å². The molecule has 2 atom stereocenters. The second-order valence-corrected chi connectivity index (χ2v) is 11.8. The van der Waals surface area contributed by atoms with Crippen molar-refractivity contribution in [2.75, 3.05) is 13.7 Å². The van der Waals surface area contributed by atoms with Crippen molar-refractivity contribution in [1.29, 1.82) is 0 Å². The van der Waals surface area contributed by atoms with Crippen molar-refractivity contribution in [2.24, 2.45) is 5.92 Å². The van der Waals surface area contributed by atoms with Gasteiger partial charge in [0.2, 0.25) is 11.8 Å². The van der Waals surface area contributed by atoms with E-state index < -0.39 is 47.1 Å². The topological polar surface area (TPSA) is 114 Å². The summed E-state index contributed by atoms with van der Waals surface area (Å²) in [5, 5.41) is 5.34. The molecular formula is C28H45N3O6. The number of amides is 3. The molecule has 0 radical (unpaired) electrons. The number of carbonyl (C=O) groups excluding carboxylic acids is 4. The molecule has 0 heterocycles. The van der Waals surface area contributed by atoms with Gasteiger partial charge in [0.1, 0.15) is 24.2 Å². The first-order valence-corrected chi connectivity index (χ1v) is 12.6. The Kier molecular flexibility index (Phi) is 11.2. The van der Waals surface area contributed by atoms with Crippen LogP contribution in [0.3, 0.4) is 0 Å². The van der Waals surface area contributed by atoms with Crippen molar-refractivity contribution in [3.8, 4) is 0 Å². The van der Waals surface area contributed by atoms with E-state index in [1.165, 1.54) is 12.0 Å². The monoisotopic (exact) mass is 519 g/mol. The number of hydrogen-bond donors (Lipinski definition) is 2. The minimum Gasteiger partial charge on any atom is -0.468 e. The molecule has 3 amide bonds. The van der Waals surface area contributed by atoms with Gasteiger partial charge in [-0.25, -0.2) is 4.79 Å². The third-order valence-electron chi connectivity index (χ3n) is 5.52. The Bertz CT molecular complexity index is 975. The summed E-state index contributed by atoms with van der Waals surface area (Å²) in [5.74, 6) is -1.49. The van der Waals surface area contributed by atoms with Gasteiger partial charge in [0.15, 0.2) is 0 Å². The maximum absolute atomic E-state index is 14.2. The van der Waals surface area contributed by atoms with Gasteiger partial charge in [0.05, 0.1) is 7.11 Å². The molecule has 0 saturated carbocycles. The van der Waals surface area contributed by atoms with Crippen molar-refractivity contribution in [3.05, 3.63) is 34.9 Å². The Balaban J connectivity index is 3.62. The molecule has 2 N–H and O–H groups in total. The predicted octanol–water partition coefficient (Wildman–Crippen LogP) is 4.20. The van der Waals surface area contributed by atoms with Crippen LogP contribution in [0.1, 0.15) is 84.5 Å². The molecule has 0 bridgehead atoms. The number of methoxy groups -OCH3 is 1. The van der Waals surface area contributed by atoms with Gasteiger partial charge in [0.25, 0.3) is 0 Å². The number of hydrogen-bond acceptors (Lipinski definition) is 6. The zero-order valence-corrected chi connectivity index (χ0v) is 24.3. The minimum absolute atomic E-state index is 0.0680. The molecule has 0 aliphatic rings. The summed E-state index contributed by atoms with van der Waals surface area (Å²) < 4.78 is 10.1. The first kappa shape index (κ1) is 31.9. The molecule has 0 aliphatic carbocycles. The Hall–Kier alpha value is -3.10. The van der Waals surface area contributed by atoms with Gasteiger partial charge in [-0.3, -0.25) is 14.4 Å². The zero-order chi connectivity index (χ0) is 28.7. The summed E-state index contributed by atoms with van der Waals surface area (Å²) in [7, 11) is 1.24. The average molecular weight is 520 g/mol. The SMILES string of the molecule is COC(=O)CNC(=O)C(c1ccc(C)cc1C)N(C(=O)C(CC(C)C)NC(=O)OC(C)(C)C)C(C)(C)C. The van der Waals surface area contributed by atoms with Crippen molar-refractivity contribution in [2.45, 2.75) is 98.9 Å². The lowest BCUT2D eigenvalue weighted by molar-refractivity contribution is -0.149. The van der Waals surface area contributed by atoms with Crippen molar-refractivity contribution >= 4 is 23.9 Å². The number of esters is 1. The van der Waals surface area contributed by atoms with Gasteiger partial charge < -0.3 is 25.0 Å². The Morgan fingerprint density at radius 1 is 1.00 bits per heavy atom. The Morgan fingerprint density at radius 2 is 1.59 bits per heavy atom. The first-order chi connectivity index (χ1) is 16.9. The van der Waals surface area contributed by atoms with Crippen molar-refractivity contribution in [3.63, 3.8) is 0 Å². The van der Waals surface area contributed by atoms with E-state index in [0.717, 1.165) is 11.1 Å². The predicted molar refractivity (Wildman–Crippen MR) is 143 cm³/mol. The van der Waals surface area contributed by atoms with E-state index in [1.807, 2.05) is 66.7 Å². The lowest BCUT2D eigenvalue weighted by atomic mass is 9.91. The standard InChI is InChI=1S/C28H45N3O6/c1-17(2)14-21(30-26(35)37-28(8,9)10)25(34)31(27(5,6)7)23(24(33)29-16-22(32)36-11)20-13-12-18(3)15-19(20)4/h12-13,15,17,21,23H,14,16H2,1-11H3,(H,29,33)(H,30,35). The highest BCUT2D eigenvalue weighted by molar-refractivity contribution is 5.93. The molecule has 1 rings (SSSR count). The number of aryl methyl sites for hydroxylation is 2. The second kappa shape index (κ2) is 12.9. The zero-order valence-electron chi connectivity index (χ0n) is 24.3. The van der Waals surface area contributed by atoms with Gasteiger partial charge in [-0.05, 0) is 78.9 Å². The van der Waals surface area contributed by atoms with Crippen LogP contribution < -0.4 is 10.6 Å². The number of nitrogens with one attached hydrogen (secondary N) is 2. The average Bonchev–Trinajstić information content (AvgIpc) is 2.72. The summed E-state index contributed by atoms with van der Waals surface area (Å²) in [6, 6.07) is 3.63. The van der Waals surface area contributed by atoms with E-state index in [4.69, 9.17) is 4.74 Å². The highest BCUT2D eigenvalue weighted by Gasteiger charge is 2.42. The van der Waals surface area contributed by atoms with Crippen LogP contribution in [-0.2, 0) is 23.9 Å². The van der Waals surface area contributed by atoms with Gasteiger partial charge in [-0.15, -0.1) is 0 Å². The molecule has 0 aromatic heterocycles. The summed E-state index contributed by atoms with van der Waals surface area (Å²) in [5.41, 5.74) is 0.881. The summed E-state index contributed by atoms with van der Waals surface area (Å²) in [4.78, 5) is 53.8. The molecule has 2 unspecified atom stereocenters. The molecule has 9 heteroatoms. The van der Waals surface area contributed by atoms with Crippen LogP contribution in [0.5, 0.6) is 0 Å². The van der Waals surface area contributed by atoms with E-state index in [0.29, 0.717) is 12.0 Å². The van der Waals surface area contributed by atoms with Crippen LogP contribution in [-0.4, -0.2) is 59.6 Å². The largest absolute Gasteiger partial charge is 0.468 e. The molecule has 0 fully saturated rings. The highest BCUT2D eigenvalue weighted by atomic mass is 16.6. The number of alkyl carbamates (subject to hydrolysis) is 1. The normalized spacial score (nSPS) is 13.4. The van der Waals surface area contributed by atoms with Gasteiger partial charge in [0, 0.05) is 5.54 Å². The first-order valence-electron chi connectivity index (χ1n) is 12.6. The molecule has 1 aromatic carbocycles. The second-order valence-electron chi connectivity index (χ2n) is 11.8. The van der Waals surface area contributed by atoms with E-state index >= 15 is 0 Å². The Morgan fingerprint density at radius 3 is 2.05 bits per heavy atom. The quantitative estimate of drug-likeness (QED) is 0.473. The van der Waals surface area contributed by atoms with Crippen LogP contribution >= 0.6 is 0 Å². The number of benzene rings is 1. The van der Waals surface area contributed by atoms with Crippen LogP contribution in [0.25, 0.3) is 0 Å². The summed E-state index contributed by atoms with van der Waals surface area (Å²) in [6.07, 6.45) is -0.368. The minimum atomic E-state index is -1.06. The molecule has 37 heavy (non-hydrogen) atoms. The van der Waals surface area contributed by atoms with E-state index in [1.54, 1.807) is 20.8 Å². The maximum Gasteiger partial charge on any atom is 0.408 e. The number of nitrogens with zero attached hydrogens (tertiary/aromatic N) is 1. The van der Waals surface area contributed by atoms with Crippen LogP contribution in [0.15, 0.2) is 18.2 Å². The summed E-state index contributed by atoms with van der Waals surface area (Å²) >= 11 is 0. The summed E-state index contributed by atoms with van der Waals surface area (Å²) in [6.45, 7) is 18.1. The molecule has 208 valence electrons. The van der Waals surface area contributed by atoms with Crippen LogP contribution in [0, 0.1) is 19.8 Å². The third-order valence-corrected chi connectivity index (χ3v) is 5.52. The lowest BCUT2D eigenvalue weighted by Gasteiger charge is -2.43. The van der Waals surface area contributed by atoms with Gasteiger partial charge >= 0.3 is 12.1 Å². The highest BCUT2D eigenvalue weighted by Crippen LogP contribution is 2.32. The fourth-order valence-corrected chi connectivity index (χ4v) is 4.01. The number of ether oxygens (including phenoxy) is 2. The van der Waals surface area contributed by atoms with Crippen LogP contribution in [0.4, 0.5) is 4.79 Å². The maximum atomic E-state index is 14.2. The van der Waals surface area contributed by atoms with Gasteiger partial charge in [-0.1, -0.05) is 37.6 Å². The molecule has 9 nitrogen and oxygen atoms in total. The van der Waals surface area contributed by atoms with E-state index in [-0.39, 0.29) is 12.5 Å². The number of rotatable bonds is 9. The molecule has 1 aromatic rings. The number of carbonyl (C=O) groups is 4. The third kappa shape index (κ3) is 10.1. The molecule has 0 spiro atoms. The lowest BCUT2D eigenvalue weighted by Crippen LogP contribution is -2.59. The fraction of sp³-hybridized carbons (Fsp3) is 0.643. The molecular weight excluding hydrogens is 474 g/mol. The van der Waals surface area contributed by atoms with Crippen molar-refractivity contribution in [1.82, 2.24) is 15.5 Å². The molecule has 0 aliphatic heterocycles.